The summed E-state index contributed by atoms with van der Waals surface area (Å²) in [5.74, 6) is -1.66. The second-order valence-corrected chi connectivity index (χ2v) is 4.54. The number of hydrogen-bond acceptors (Lipinski definition) is 4. The monoisotopic (exact) mass is 339 g/mol. The van der Waals surface area contributed by atoms with E-state index in [4.69, 9.17) is 11.6 Å². The van der Waals surface area contributed by atoms with E-state index in [9.17, 15) is 22.8 Å². The summed E-state index contributed by atoms with van der Waals surface area (Å²) in [7, 11) is 1.02. The van der Waals surface area contributed by atoms with Gasteiger partial charge in [-0.3, -0.25) is 9.48 Å². The number of aryl methyl sites for hydroxylation is 1. The highest BCUT2D eigenvalue weighted by Gasteiger charge is 2.39. The van der Waals surface area contributed by atoms with Gasteiger partial charge in [-0.2, -0.15) is 18.3 Å². The minimum absolute atomic E-state index is 0.0822. The van der Waals surface area contributed by atoms with E-state index in [1.54, 1.807) is 6.92 Å². The van der Waals surface area contributed by atoms with E-state index in [2.05, 4.69) is 15.2 Å². The van der Waals surface area contributed by atoms with Crippen LogP contribution in [0.15, 0.2) is 11.8 Å². The third-order valence-electron chi connectivity index (χ3n) is 2.40. The number of nitrogens with zero attached hydrogens (tertiary/aromatic N) is 2. The normalized spacial score (nSPS) is 12.2. The first-order valence-corrected chi connectivity index (χ1v) is 6.41. The summed E-state index contributed by atoms with van der Waals surface area (Å²) in [6.07, 6.45) is -3.75. The molecule has 0 radical (unpaired) electrons. The number of rotatable bonds is 4. The second kappa shape index (κ2) is 6.82. The summed E-state index contributed by atoms with van der Waals surface area (Å²) < 4.78 is 43.4. The minimum atomic E-state index is -4.74. The number of carbonyl (C=O) groups is 2. The SMILES string of the molecule is CCOC(=O)/C=C(\C)NC(=O)c1nn(C)c(C(F)(F)F)c1Cl. The number of amides is 1. The molecule has 1 heterocycles. The Kier molecular flexibility index (Phi) is 5.59. The average molecular weight is 340 g/mol. The van der Waals surface area contributed by atoms with Crippen LogP contribution in [-0.2, 0) is 22.8 Å². The van der Waals surface area contributed by atoms with Gasteiger partial charge >= 0.3 is 12.1 Å². The molecule has 0 unspecified atom stereocenters. The fourth-order valence-electron chi connectivity index (χ4n) is 1.59. The number of aromatic nitrogens is 2. The molecular weight excluding hydrogens is 327 g/mol. The minimum Gasteiger partial charge on any atom is -0.463 e. The van der Waals surface area contributed by atoms with Crippen molar-refractivity contribution in [3.63, 3.8) is 0 Å². The van der Waals surface area contributed by atoms with E-state index in [0.717, 1.165) is 13.1 Å². The van der Waals surface area contributed by atoms with Crippen LogP contribution < -0.4 is 5.32 Å². The smallest absolute Gasteiger partial charge is 0.434 e. The van der Waals surface area contributed by atoms with Gasteiger partial charge in [0.15, 0.2) is 11.4 Å². The van der Waals surface area contributed by atoms with Crippen molar-refractivity contribution in [3.05, 3.63) is 28.2 Å². The number of hydrogen-bond donors (Lipinski definition) is 1. The van der Waals surface area contributed by atoms with Crippen LogP contribution in [0.25, 0.3) is 0 Å². The Bertz CT molecular complexity index is 623. The predicted octanol–water partition coefficient (Wildman–Crippen LogP) is 2.29. The molecule has 0 saturated heterocycles. The van der Waals surface area contributed by atoms with Gasteiger partial charge in [-0.1, -0.05) is 11.6 Å². The Labute approximate surface area is 128 Å². The van der Waals surface area contributed by atoms with Gasteiger partial charge in [-0.15, -0.1) is 0 Å². The lowest BCUT2D eigenvalue weighted by molar-refractivity contribution is -0.143. The van der Waals surface area contributed by atoms with E-state index < -0.39 is 34.5 Å². The average Bonchev–Trinajstić information content (AvgIpc) is 2.63. The van der Waals surface area contributed by atoms with Crippen LogP contribution in [0.3, 0.4) is 0 Å². The first-order valence-electron chi connectivity index (χ1n) is 6.04. The van der Waals surface area contributed by atoms with Crippen molar-refractivity contribution in [1.29, 1.82) is 0 Å². The molecule has 0 atom stereocenters. The lowest BCUT2D eigenvalue weighted by Gasteiger charge is -2.06. The molecule has 1 amide bonds. The third-order valence-corrected chi connectivity index (χ3v) is 2.76. The molecule has 0 aromatic carbocycles. The fraction of sp³-hybridized carbons (Fsp3) is 0.417. The summed E-state index contributed by atoms with van der Waals surface area (Å²) in [6, 6.07) is 0. The van der Waals surface area contributed by atoms with Gasteiger partial charge in [0, 0.05) is 18.8 Å². The van der Waals surface area contributed by atoms with Gasteiger partial charge in [-0.25, -0.2) is 4.79 Å². The molecule has 1 aromatic heterocycles. The van der Waals surface area contributed by atoms with Crippen molar-refractivity contribution >= 4 is 23.5 Å². The summed E-state index contributed by atoms with van der Waals surface area (Å²) >= 11 is 5.57. The number of alkyl halides is 3. The first-order chi connectivity index (χ1) is 10.1. The Balaban J connectivity index is 2.99. The summed E-state index contributed by atoms with van der Waals surface area (Å²) in [6.45, 7) is 3.12. The largest absolute Gasteiger partial charge is 0.463 e. The van der Waals surface area contributed by atoms with Crippen LogP contribution in [0, 0.1) is 0 Å². The Hall–Kier alpha value is -2.03. The highest BCUT2D eigenvalue weighted by molar-refractivity contribution is 6.34. The maximum atomic E-state index is 12.8. The zero-order chi connectivity index (χ0) is 17.1. The first kappa shape index (κ1) is 18.0. The van der Waals surface area contributed by atoms with E-state index in [0.29, 0.717) is 4.68 Å². The van der Waals surface area contributed by atoms with Crippen LogP contribution in [-0.4, -0.2) is 28.3 Å². The highest BCUT2D eigenvalue weighted by atomic mass is 35.5. The van der Waals surface area contributed by atoms with E-state index in [-0.39, 0.29) is 12.3 Å². The number of allylic oxidation sites excluding steroid dienone is 1. The van der Waals surface area contributed by atoms with Crippen molar-refractivity contribution in [3.8, 4) is 0 Å². The number of carbonyl (C=O) groups excluding carboxylic acids is 2. The number of halogens is 4. The molecule has 0 bridgehead atoms. The van der Waals surface area contributed by atoms with Crippen molar-refractivity contribution in [1.82, 2.24) is 15.1 Å². The summed E-state index contributed by atoms with van der Waals surface area (Å²) in [4.78, 5) is 23.1. The summed E-state index contributed by atoms with van der Waals surface area (Å²) in [5.41, 5.74) is -1.74. The van der Waals surface area contributed by atoms with Gasteiger partial charge in [-0.05, 0) is 13.8 Å². The molecule has 122 valence electrons. The summed E-state index contributed by atoms with van der Waals surface area (Å²) in [5, 5.41) is 4.86. The quantitative estimate of drug-likeness (QED) is 0.674. The molecule has 22 heavy (non-hydrogen) atoms. The topological polar surface area (TPSA) is 73.2 Å². The lowest BCUT2D eigenvalue weighted by Crippen LogP contribution is -2.23. The number of nitrogens with one attached hydrogen (secondary N) is 1. The maximum Gasteiger partial charge on any atom is 0.434 e. The highest BCUT2D eigenvalue weighted by Crippen LogP contribution is 2.35. The molecule has 0 aliphatic rings. The van der Waals surface area contributed by atoms with Crippen molar-refractivity contribution in [2.75, 3.05) is 6.61 Å². The molecule has 0 aliphatic heterocycles. The van der Waals surface area contributed by atoms with Gasteiger partial charge in [0.25, 0.3) is 5.91 Å². The molecule has 1 N–H and O–H groups in total. The van der Waals surface area contributed by atoms with Gasteiger partial charge in [0.1, 0.15) is 5.02 Å². The zero-order valence-corrected chi connectivity index (χ0v) is 12.7. The zero-order valence-electron chi connectivity index (χ0n) is 11.9. The molecule has 1 rings (SSSR count). The molecule has 0 saturated carbocycles. The lowest BCUT2D eigenvalue weighted by atomic mass is 10.3. The molecule has 1 aromatic rings. The van der Waals surface area contributed by atoms with Crippen LogP contribution in [0.5, 0.6) is 0 Å². The number of ether oxygens (including phenoxy) is 1. The van der Waals surface area contributed by atoms with E-state index in [1.165, 1.54) is 6.92 Å². The van der Waals surface area contributed by atoms with E-state index >= 15 is 0 Å². The molecule has 0 aliphatic carbocycles. The predicted molar refractivity (Wildman–Crippen MR) is 71.1 cm³/mol. The van der Waals surface area contributed by atoms with Crippen LogP contribution in [0.1, 0.15) is 30.0 Å². The molecular formula is C12H13ClF3N3O3. The third kappa shape index (κ3) is 4.23. The van der Waals surface area contributed by atoms with Crippen LogP contribution in [0.4, 0.5) is 13.2 Å². The number of esters is 1. The Morgan fingerprint density at radius 3 is 2.50 bits per heavy atom. The molecule has 0 fully saturated rings. The van der Waals surface area contributed by atoms with Gasteiger partial charge in [0.05, 0.1) is 6.61 Å². The van der Waals surface area contributed by atoms with Gasteiger partial charge < -0.3 is 10.1 Å². The van der Waals surface area contributed by atoms with Crippen molar-refractivity contribution in [2.45, 2.75) is 20.0 Å². The second-order valence-electron chi connectivity index (χ2n) is 4.17. The van der Waals surface area contributed by atoms with Gasteiger partial charge in [0.2, 0.25) is 0 Å². The fourth-order valence-corrected chi connectivity index (χ4v) is 1.94. The standard InChI is InChI=1S/C12H13ClF3N3O3/c1-4-22-7(20)5-6(2)17-11(21)9-8(13)10(12(14,15)16)19(3)18-9/h5H,4H2,1-3H3,(H,17,21)/b6-5+. The molecule has 6 nitrogen and oxygen atoms in total. The Morgan fingerprint density at radius 1 is 1.45 bits per heavy atom. The van der Waals surface area contributed by atoms with Crippen LogP contribution >= 0.6 is 11.6 Å². The van der Waals surface area contributed by atoms with Crippen molar-refractivity contribution in [2.24, 2.45) is 7.05 Å². The Morgan fingerprint density at radius 2 is 2.05 bits per heavy atom. The van der Waals surface area contributed by atoms with Crippen LogP contribution in [0.2, 0.25) is 5.02 Å². The van der Waals surface area contributed by atoms with Crippen molar-refractivity contribution < 1.29 is 27.5 Å². The molecule has 0 spiro atoms. The maximum absolute atomic E-state index is 12.8. The molecule has 10 heteroatoms. The van der Waals surface area contributed by atoms with E-state index in [1.807, 2.05) is 0 Å².